The molecule has 0 bridgehead atoms. The molecule has 0 radical (unpaired) electrons. The number of hydrogen-bond acceptors (Lipinski definition) is 6. The predicted octanol–water partition coefficient (Wildman–Crippen LogP) is 0.548. The Morgan fingerprint density at radius 1 is 1.29 bits per heavy atom. The number of nitrogens with zero attached hydrogens (tertiary/aromatic N) is 4. The number of nitrogens with two attached hydrogens (primary N) is 1. The van der Waals surface area contributed by atoms with Crippen LogP contribution in [-0.4, -0.2) is 40.6 Å². The van der Waals surface area contributed by atoms with Gasteiger partial charge in [0.2, 0.25) is 11.9 Å². The molecule has 2 aromatic rings. The lowest BCUT2D eigenvalue weighted by Crippen LogP contribution is -2.39. The van der Waals surface area contributed by atoms with E-state index in [0.29, 0.717) is 24.7 Å². The van der Waals surface area contributed by atoms with Crippen LogP contribution < -0.4 is 10.6 Å². The zero-order valence-corrected chi connectivity index (χ0v) is 11.3. The number of rotatable bonds is 3. The summed E-state index contributed by atoms with van der Waals surface area (Å²) in [5.74, 6) is 0.192. The van der Waals surface area contributed by atoms with Crippen LogP contribution in [-0.2, 0) is 4.74 Å². The molecule has 3 rings (SSSR count). The maximum Gasteiger partial charge on any atom is 0.250 e. The van der Waals surface area contributed by atoms with Crippen LogP contribution >= 0.6 is 0 Å². The van der Waals surface area contributed by atoms with Crippen molar-refractivity contribution in [1.82, 2.24) is 15.0 Å². The molecule has 2 N–H and O–H groups in total. The first-order valence-corrected chi connectivity index (χ1v) is 6.63. The Balaban J connectivity index is 1.75. The van der Waals surface area contributed by atoms with Gasteiger partial charge in [-0.15, -0.1) is 0 Å². The number of pyridine rings is 1. The van der Waals surface area contributed by atoms with Crippen LogP contribution in [0.1, 0.15) is 22.2 Å². The quantitative estimate of drug-likeness (QED) is 0.885. The largest absolute Gasteiger partial charge is 0.368 e. The molecule has 1 amide bonds. The van der Waals surface area contributed by atoms with E-state index in [2.05, 4.69) is 19.9 Å². The number of ether oxygens (including phenoxy) is 1. The van der Waals surface area contributed by atoms with Crippen molar-refractivity contribution < 1.29 is 9.53 Å². The fourth-order valence-corrected chi connectivity index (χ4v) is 2.21. The van der Waals surface area contributed by atoms with Gasteiger partial charge in [0.25, 0.3) is 0 Å². The fraction of sp³-hybridized carbons (Fsp3) is 0.286. The van der Waals surface area contributed by atoms with Crippen molar-refractivity contribution in [2.24, 2.45) is 5.73 Å². The monoisotopic (exact) mass is 285 g/mol. The van der Waals surface area contributed by atoms with Crippen molar-refractivity contribution >= 4 is 11.9 Å². The van der Waals surface area contributed by atoms with E-state index in [1.54, 1.807) is 30.6 Å². The molecule has 21 heavy (non-hydrogen) atoms. The van der Waals surface area contributed by atoms with Crippen LogP contribution in [0.2, 0.25) is 0 Å². The highest BCUT2D eigenvalue weighted by molar-refractivity contribution is 5.92. The average Bonchev–Trinajstić information content (AvgIpc) is 2.56. The van der Waals surface area contributed by atoms with Gasteiger partial charge in [0.1, 0.15) is 6.10 Å². The van der Waals surface area contributed by atoms with Crippen LogP contribution in [0.5, 0.6) is 0 Å². The van der Waals surface area contributed by atoms with E-state index in [1.807, 2.05) is 0 Å². The molecule has 0 aromatic carbocycles. The van der Waals surface area contributed by atoms with Crippen LogP contribution in [0.4, 0.5) is 5.95 Å². The molecule has 2 aromatic heterocycles. The van der Waals surface area contributed by atoms with E-state index < -0.39 is 5.91 Å². The molecular formula is C14H15N5O2. The summed E-state index contributed by atoms with van der Waals surface area (Å²) >= 11 is 0. The van der Waals surface area contributed by atoms with Crippen LogP contribution in [0.15, 0.2) is 36.8 Å². The molecule has 0 spiro atoms. The predicted molar refractivity (Wildman–Crippen MR) is 75.7 cm³/mol. The van der Waals surface area contributed by atoms with E-state index in [9.17, 15) is 4.79 Å². The number of primary amides is 1. The normalized spacial score (nSPS) is 18.5. The van der Waals surface area contributed by atoms with E-state index >= 15 is 0 Å². The zero-order valence-electron chi connectivity index (χ0n) is 11.3. The Hall–Kier alpha value is -2.54. The minimum Gasteiger partial charge on any atom is -0.368 e. The van der Waals surface area contributed by atoms with Crippen molar-refractivity contribution in [3.05, 3.63) is 48.0 Å². The average molecular weight is 285 g/mol. The molecule has 7 heteroatoms. The van der Waals surface area contributed by atoms with Crippen LogP contribution in [0.3, 0.4) is 0 Å². The van der Waals surface area contributed by atoms with Gasteiger partial charge in [0, 0.05) is 25.1 Å². The summed E-state index contributed by atoms with van der Waals surface area (Å²) in [7, 11) is 0. The third kappa shape index (κ3) is 2.97. The molecule has 0 saturated carbocycles. The summed E-state index contributed by atoms with van der Waals surface area (Å²) in [5.41, 5.74) is 6.36. The number of hydrogen-bond donors (Lipinski definition) is 1. The van der Waals surface area contributed by atoms with Crippen molar-refractivity contribution in [2.45, 2.75) is 6.10 Å². The molecule has 7 nitrogen and oxygen atoms in total. The first-order chi connectivity index (χ1) is 10.2. The summed E-state index contributed by atoms with van der Waals surface area (Å²) in [6, 6.07) is 5.21. The van der Waals surface area contributed by atoms with Gasteiger partial charge in [0.05, 0.1) is 24.4 Å². The van der Waals surface area contributed by atoms with Crippen molar-refractivity contribution in [3.8, 4) is 0 Å². The Bertz CT molecular complexity index is 617. The molecule has 1 saturated heterocycles. The molecular weight excluding hydrogens is 270 g/mol. The highest BCUT2D eigenvalue weighted by Crippen LogP contribution is 2.22. The zero-order chi connectivity index (χ0) is 14.7. The molecule has 0 aliphatic carbocycles. The van der Waals surface area contributed by atoms with E-state index in [-0.39, 0.29) is 6.10 Å². The highest BCUT2D eigenvalue weighted by Gasteiger charge is 2.24. The smallest absolute Gasteiger partial charge is 0.250 e. The maximum atomic E-state index is 11.1. The number of morpholine rings is 1. The van der Waals surface area contributed by atoms with Crippen molar-refractivity contribution in [3.63, 3.8) is 0 Å². The fourth-order valence-electron chi connectivity index (χ4n) is 2.21. The number of amides is 1. The molecule has 1 unspecified atom stereocenters. The SMILES string of the molecule is NC(=O)c1ccc(C2CN(c3ncccn3)CCO2)nc1. The summed E-state index contributed by atoms with van der Waals surface area (Å²) in [6.45, 7) is 1.93. The van der Waals surface area contributed by atoms with Gasteiger partial charge in [-0.3, -0.25) is 9.78 Å². The lowest BCUT2D eigenvalue weighted by Gasteiger charge is -2.32. The minimum absolute atomic E-state index is 0.176. The number of anilines is 1. The van der Waals surface area contributed by atoms with Gasteiger partial charge < -0.3 is 15.4 Å². The molecule has 1 fully saturated rings. The number of carbonyl (C=O) groups is 1. The van der Waals surface area contributed by atoms with Gasteiger partial charge in [-0.25, -0.2) is 9.97 Å². The van der Waals surface area contributed by atoms with Gasteiger partial charge in [-0.2, -0.15) is 0 Å². The Morgan fingerprint density at radius 3 is 2.76 bits per heavy atom. The van der Waals surface area contributed by atoms with Crippen LogP contribution in [0.25, 0.3) is 0 Å². The maximum absolute atomic E-state index is 11.1. The Kier molecular flexibility index (Phi) is 3.74. The number of carbonyl (C=O) groups excluding carboxylic acids is 1. The Labute approximate surface area is 121 Å². The topological polar surface area (TPSA) is 94.2 Å². The second kappa shape index (κ2) is 5.84. The van der Waals surface area contributed by atoms with E-state index in [1.165, 1.54) is 6.20 Å². The first-order valence-electron chi connectivity index (χ1n) is 6.63. The third-order valence-electron chi connectivity index (χ3n) is 3.30. The third-order valence-corrected chi connectivity index (χ3v) is 3.30. The van der Waals surface area contributed by atoms with Gasteiger partial charge in [0.15, 0.2) is 0 Å². The molecule has 3 heterocycles. The number of aromatic nitrogens is 3. The van der Waals surface area contributed by atoms with Crippen molar-refractivity contribution in [2.75, 3.05) is 24.6 Å². The standard InChI is InChI=1S/C14H15N5O2/c15-13(20)10-2-3-11(18-8-10)12-9-19(6-7-21-12)14-16-4-1-5-17-14/h1-5,8,12H,6-7,9H2,(H2,15,20). The summed E-state index contributed by atoms with van der Waals surface area (Å²) < 4.78 is 5.74. The van der Waals surface area contributed by atoms with Gasteiger partial charge >= 0.3 is 0 Å². The molecule has 1 aliphatic rings. The van der Waals surface area contributed by atoms with Crippen LogP contribution in [0, 0.1) is 0 Å². The molecule has 1 atom stereocenters. The lowest BCUT2D eigenvalue weighted by molar-refractivity contribution is 0.0364. The second-order valence-corrected chi connectivity index (χ2v) is 4.69. The van der Waals surface area contributed by atoms with Crippen molar-refractivity contribution in [1.29, 1.82) is 0 Å². The Morgan fingerprint density at radius 2 is 2.10 bits per heavy atom. The van der Waals surface area contributed by atoms with E-state index in [0.717, 1.165) is 12.2 Å². The van der Waals surface area contributed by atoms with Gasteiger partial charge in [-0.05, 0) is 18.2 Å². The molecule has 108 valence electrons. The minimum atomic E-state index is -0.488. The van der Waals surface area contributed by atoms with E-state index in [4.69, 9.17) is 10.5 Å². The highest BCUT2D eigenvalue weighted by atomic mass is 16.5. The summed E-state index contributed by atoms with van der Waals surface area (Å²) in [5, 5.41) is 0. The second-order valence-electron chi connectivity index (χ2n) is 4.69. The summed E-state index contributed by atoms with van der Waals surface area (Å²) in [6.07, 6.45) is 4.72. The van der Waals surface area contributed by atoms with Gasteiger partial charge in [-0.1, -0.05) is 0 Å². The molecule has 1 aliphatic heterocycles. The lowest BCUT2D eigenvalue weighted by atomic mass is 10.1. The first kappa shape index (κ1) is 13.4. The summed E-state index contributed by atoms with van der Waals surface area (Å²) in [4.78, 5) is 25.9.